The van der Waals surface area contributed by atoms with E-state index in [2.05, 4.69) is 102 Å². The Morgan fingerprint density at radius 1 is 0.611 bits per heavy atom. The quantitative estimate of drug-likeness (QED) is 0.325. The third-order valence-corrected chi connectivity index (χ3v) is 8.21. The molecule has 0 amide bonds. The lowest BCUT2D eigenvalue weighted by Crippen LogP contribution is -2.48. The van der Waals surface area contributed by atoms with E-state index in [9.17, 15) is 0 Å². The number of rotatable bonds is 6. The Morgan fingerprint density at radius 3 is 1.56 bits per heavy atom. The zero-order chi connectivity index (χ0) is 24.8. The smallest absolute Gasteiger partial charge is 0.118 e. The van der Waals surface area contributed by atoms with Gasteiger partial charge in [0.15, 0.2) is 0 Å². The van der Waals surface area contributed by atoms with Gasteiger partial charge in [0, 0.05) is 11.1 Å². The number of para-hydroxylation sites is 1. The molecule has 1 spiro atoms. The minimum absolute atomic E-state index is 0.0425. The maximum atomic E-state index is 5.53. The highest BCUT2D eigenvalue weighted by atomic mass is 16.5. The largest absolute Gasteiger partial charge is 0.497 e. The van der Waals surface area contributed by atoms with Crippen molar-refractivity contribution in [3.63, 3.8) is 0 Å². The monoisotopic (exact) mass is 477 g/mol. The summed E-state index contributed by atoms with van der Waals surface area (Å²) in [6, 6.07) is 34.8. The van der Waals surface area contributed by atoms with Crippen molar-refractivity contribution in [1.29, 1.82) is 0 Å². The van der Waals surface area contributed by atoms with Crippen molar-refractivity contribution in [1.82, 2.24) is 0 Å². The molecule has 4 nitrogen and oxygen atoms in total. The highest BCUT2D eigenvalue weighted by Gasteiger charge is 2.67. The second kappa shape index (κ2) is 8.63. The van der Waals surface area contributed by atoms with Crippen molar-refractivity contribution >= 4 is 5.69 Å². The molecule has 4 aromatic rings. The van der Waals surface area contributed by atoms with Crippen LogP contribution in [0, 0.1) is 5.41 Å². The molecule has 0 aromatic heterocycles. The van der Waals surface area contributed by atoms with Crippen LogP contribution in [0.2, 0.25) is 0 Å². The van der Waals surface area contributed by atoms with E-state index in [0.29, 0.717) is 0 Å². The van der Waals surface area contributed by atoms with E-state index in [-0.39, 0.29) is 16.9 Å². The topological polar surface area (TPSA) is 39.7 Å². The van der Waals surface area contributed by atoms with Crippen molar-refractivity contribution < 1.29 is 14.2 Å². The molecule has 0 saturated heterocycles. The number of methoxy groups -OCH3 is 3. The van der Waals surface area contributed by atoms with Crippen molar-refractivity contribution in [2.24, 2.45) is 5.41 Å². The maximum absolute atomic E-state index is 5.53. The molecule has 1 unspecified atom stereocenters. The summed E-state index contributed by atoms with van der Waals surface area (Å²) in [5.74, 6) is 2.60. The minimum atomic E-state index is -0.349. The molecule has 0 bridgehead atoms. The lowest BCUT2D eigenvalue weighted by atomic mass is 9.54. The van der Waals surface area contributed by atoms with Gasteiger partial charge in [-0.15, -0.1) is 0 Å². The van der Waals surface area contributed by atoms with E-state index in [4.69, 9.17) is 14.2 Å². The van der Waals surface area contributed by atoms with Crippen LogP contribution in [-0.2, 0) is 5.41 Å². The number of nitrogens with one attached hydrogen (secondary N) is 1. The third kappa shape index (κ3) is 3.21. The normalized spacial score (nSPS) is 18.6. The van der Waals surface area contributed by atoms with Gasteiger partial charge in [0.05, 0.1) is 32.8 Å². The lowest BCUT2D eigenvalue weighted by Gasteiger charge is -2.52. The van der Waals surface area contributed by atoms with Gasteiger partial charge >= 0.3 is 0 Å². The third-order valence-electron chi connectivity index (χ3n) is 8.21. The van der Waals surface area contributed by atoms with Crippen LogP contribution in [-0.4, -0.2) is 21.3 Å². The predicted molar refractivity (Wildman–Crippen MR) is 143 cm³/mol. The number of anilines is 1. The van der Waals surface area contributed by atoms with E-state index in [1.807, 2.05) is 0 Å². The van der Waals surface area contributed by atoms with Crippen LogP contribution in [0.3, 0.4) is 0 Å². The Hall–Kier alpha value is -3.92. The van der Waals surface area contributed by atoms with Crippen molar-refractivity contribution in [3.8, 4) is 17.2 Å². The molecule has 1 N–H and O–H groups in total. The van der Waals surface area contributed by atoms with E-state index < -0.39 is 0 Å². The summed E-state index contributed by atoms with van der Waals surface area (Å²) in [5, 5.41) is 3.95. The van der Waals surface area contributed by atoms with Gasteiger partial charge in [-0.2, -0.15) is 0 Å². The zero-order valence-corrected chi connectivity index (χ0v) is 21.0. The fourth-order valence-electron chi connectivity index (χ4n) is 6.45. The molecule has 1 saturated carbocycles. The molecule has 1 aliphatic carbocycles. The Balaban J connectivity index is 1.65. The Kier molecular flexibility index (Phi) is 5.40. The molecule has 2 aliphatic rings. The van der Waals surface area contributed by atoms with Crippen LogP contribution >= 0.6 is 0 Å². The fraction of sp³-hybridized carbons (Fsp3) is 0.250. The summed E-state index contributed by atoms with van der Waals surface area (Å²) >= 11 is 0. The first kappa shape index (κ1) is 22.5. The Labute approximate surface area is 212 Å². The van der Waals surface area contributed by atoms with Crippen LogP contribution < -0.4 is 19.5 Å². The highest BCUT2D eigenvalue weighted by Crippen LogP contribution is 2.73. The zero-order valence-electron chi connectivity index (χ0n) is 21.0. The number of fused-ring (bicyclic) bond motifs is 1. The average molecular weight is 478 g/mol. The first-order chi connectivity index (χ1) is 17.7. The summed E-state index contributed by atoms with van der Waals surface area (Å²) in [5.41, 5.74) is 5.91. The average Bonchev–Trinajstić information content (AvgIpc) is 3.75. The van der Waals surface area contributed by atoms with Crippen LogP contribution in [0.25, 0.3) is 0 Å². The van der Waals surface area contributed by atoms with E-state index in [0.717, 1.165) is 30.1 Å². The van der Waals surface area contributed by atoms with E-state index >= 15 is 0 Å². The summed E-state index contributed by atoms with van der Waals surface area (Å²) in [6.07, 6.45) is 2.23. The first-order valence-corrected chi connectivity index (χ1v) is 12.5. The van der Waals surface area contributed by atoms with Gasteiger partial charge in [0.25, 0.3) is 0 Å². The van der Waals surface area contributed by atoms with Gasteiger partial charge < -0.3 is 19.5 Å². The van der Waals surface area contributed by atoms with Gasteiger partial charge in [-0.1, -0.05) is 54.6 Å². The van der Waals surface area contributed by atoms with Crippen LogP contribution in [0.15, 0.2) is 97.1 Å². The first-order valence-electron chi connectivity index (χ1n) is 12.5. The maximum Gasteiger partial charge on any atom is 0.118 e. The second-order valence-corrected chi connectivity index (χ2v) is 9.76. The van der Waals surface area contributed by atoms with Gasteiger partial charge in [0.1, 0.15) is 17.2 Å². The Bertz CT molecular complexity index is 1310. The van der Waals surface area contributed by atoms with Gasteiger partial charge in [-0.05, 0) is 77.6 Å². The standard InChI is InChI=1S/C32H31NO3/c1-34-25-14-8-22(9-15-25)30-31(20-21-31)32(23-10-16-26(35-2)17-11-23,24-12-18-27(36-3)19-13-24)28-6-4-5-7-29(28)33-30/h4-19,30,33H,20-21H2,1-3H3. The van der Waals surface area contributed by atoms with Crippen LogP contribution in [0.1, 0.15) is 41.1 Å². The number of hydrogen-bond donors (Lipinski definition) is 1. The molecule has 1 atom stereocenters. The molecular weight excluding hydrogens is 446 g/mol. The molecule has 36 heavy (non-hydrogen) atoms. The molecule has 4 aromatic carbocycles. The lowest BCUT2D eigenvalue weighted by molar-refractivity contribution is 0.285. The van der Waals surface area contributed by atoms with Crippen molar-refractivity contribution in [2.45, 2.75) is 24.3 Å². The fourth-order valence-corrected chi connectivity index (χ4v) is 6.45. The van der Waals surface area contributed by atoms with Crippen LogP contribution in [0.4, 0.5) is 5.69 Å². The number of benzene rings is 4. The summed E-state index contributed by atoms with van der Waals surface area (Å²) < 4.78 is 16.5. The SMILES string of the molecule is COc1ccc(C2Nc3ccccc3C(c3ccc(OC)cc3)(c3ccc(OC)cc3)C23CC3)cc1. The number of ether oxygens (including phenoxy) is 3. The molecule has 182 valence electrons. The van der Waals surface area contributed by atoms with Gasteiger partial charge in [0.2, 0.25) is 0 Å². The second-order valence-electron chi connectivity index (χ2n) is 9.76. The van der Waals surface area contributed by atoms with Crippen LogP contribution in [0.5, 0.6) is 17.2 Å². The van der Waals surface area contributed by atoms with Gasteiger partial charge in [-0.25, -0.2) is 0 Å². The minimum Gasteiger partial charge on any atom is -0.497 e. The highest BCUT2D eigenvalue weighted by molar-refractivity contribution is 5.70. The molecule has 1 fully saturated rings. The summed E-state index contributed by atoms with van der Waals surface area (Å²) in [7, 11) is 5.15. The number of hydrogen-bond acceptors (Lipinski definition) is 4. The predicted octanol–water partition coefficient (Wildman–Crippen LogP) is 6.99. The summed E-state index contributed by atoms with van der Waals surface area (Å²) in [6.45, 7) is 0. The van der Waals surface area contributed by atoms with Crippen molar-refractivity contribution in [2.75, 3.05) is 26.6 Å². The molecule has 0 radical (unpaired) electrons. The molecule has 6 rings (SSSR count). The molecule has 1 aliphatic heterocycles. The van der Waals surface area contributed by atoms with Crippen molar-refractivity contribution in [3.05, 3.63) is 119 Å². The molecule has 4 heteroatoms. The molecule has 1 heterocycles. The molecular formula is C32H31NO3. The van der Waals surface area contributed by atoms with E-state index in [1.54, 1.807) is 21.3 Å². The van der Waals surface area contributed by atoms with Gasteiger partial charge in [-0.3, -0.25) is 0 Å². The van der Waals surface area contributed by atoms with E-state index in [1.165, 1.54) is 27.9 Å². The Morgan fingerprint density at radius 2 is 1.08 bits per heavy atom. The summed E-state index contributed by atoms with van der Waals surface area (Å²) in [4.78, 5) is 0.